The minimum Gasteiger partial charge on any atom is -0.456 e. The molecule has 1 aromatic carbocycles. The van der Waals surface area contributed by atoms with E-state index in [-0.39, 0.29) is 0 Å². The Morgan fingerprint density at radius 1 is 1.24 bits per heavy atom. The average molecular weight is 248 g/mol. The lowest BCUT2D eigenvalue weighted by Crippen LogP contribution is -1.88. The van der Waals surface area contributed by atoms with Crippen molar-refractivity contribution >= 4 is 17.9 Å². The summed E-state index contributed by atoms with van der Waals surface area (Å²) in [5.41, 5.74) is 1.37. The first-order chi connectivity index (χ1) is 8.19. The molecule has 3 nitrogen and oxygen atoms in total. The predicted octanol–water partition coefficient (Wildman–Crippen LogP) is 3.65. The number of aryl methyl sites for hydroxylation is 1. The Kier molecular flexibility index (Phi) is 3.40. The second kappa shape index (κ2) is 4.97. The highest BCUT2D eigenvalue weighted by Crippen LogP contribution is 2.25. The highest BCUT2D eigenvalue weighted by molar-refractivity contribution is 6.33. The minimum absolute atomic E-state index is 0.373. The van der Waals surface area contributed by atoms with E-state index in [9.17, 15) is 4.79 Å². The summed E-state index contributed by atoms with van der Waals surface area (Å²) in [5.74, 6) is 1.21. The van der Waals surface area contributed by atoms with E-state index in [2.05, 4.69) is 4.98 Å². The number of carbonyl (C=O) groups excluding carboxylic acids is 1. The van der Waals surface area contributed by atoms with Crippen LogP contribution in [0.1, 0.15) is 16.1 Å². The molecule has 0 N–H and O–H groups in total. The molecule has 17 heavy (non-hydrogen) atoms. The number of halogens is 1. The number of aromatic nitrogens is 1. The Balaban J connectivity index is 2.21. The molecule has 1 aromatic heterocycles. The van der Waals surface area contributed by atoms with Crippen LogP contribution >= 0.6 is 11.6 Å². The summed E-state index contributed by atoms with van der Waals surface area (Å²) >= 11 is 5.89. The van der Waals surface area contributed by atoms with Gasteiger partial charge in [-0.05, 0) is 31.2 Å². The first-order valence-corrected chi connectivity index (χ1v) is 5.42. The van der Waals surface area contributed by atoms with Gasteiger partial charge in [-0.2, -0.15) is 0 Å². The van der Waals surface area contributed by atoms with Gasteiger partial charge in [0.25, 0.3) is 0 Å². The summed E-state index contributed by atoms with van der Waals surface area (Å²) in [6, 6.07) is 8.59. The van der Waals surface area contributed by atoms with Gasteiger partial charge >= 0.3 is 0 Å². The summed E-state index contributed by atoms with van der Waals surface area (Å²) in [4.78, 5) is 14.7. The molecule has 86 valence electrons. The quantitative estimate of drug-likeness (QED) is 0.777. The molecule has 0 saturated carbocycles. The van der Waals surface area contributed by atoms with Crippen molar-refractivity contribution in [2.24, 2.45) is 0 Å². The molecule has 0 unspecified atom stereocenters. The van der Waals surface area contributed by atoms with Crippen molar-refractivity contribution in [3.8, 4) is 11.5 Å². The van der Waals surface area contributed by atoms with Crippen LogP contribution in [0.2, 0.25) is 5.02 Å². The monoisotopic (exact) mass is 247 g/mol. The number of ether oxygens (including phenoxy) is 1. The lowest BCUT2D eigenvalue weighted by molar-refractivity contribution is 0.112. The van der Waals surface area contributed by atoms with Gasteiger partial charge in [0.1, 0.15) is 11.5 Å². The molecular weight excluding hydrogens is 238 g/mol. The number of carbonyl (C=O) groups is 1. The third-order valence-corrected chi connectivity index (χ3v) is 2.55. The lowest BCUT2D eigenvalue weighted by Gasteiger charge is -2.06. The predicted molar refractivity (Wildman–Crippen MR) is 65.9 cm³/mol. The Labute approximate surface area is 104 Å². The highest BCUT2D eigenvalue weighted by atomic mass is 35.5. The Bertz CT molecular complexity index is 538. The third-order valence-electron chi connectivity index (χ3n) is 2.22. The first-order valence-electron chi connectivity index (χ1n) is 5.04. The molecule has 2 aromatic rings. The second-order valence-corrected chi connectivity index (χ2v) is 3.95. The van der Waals surface area contributed by atoms with Crippen molar-refractivity contribution in [3.63, 3.8) is 0 Å². The fraction of sp³-hybridized carbons (Fsp3) is 0.0769. The van der Waals surface area contributed by atoms with Crippen molar-refractivity contribution in [1.82, 2.24) is 4.98 Å². The van der Waals surface area contributed by atoms with Gasteiger partial charge in [-0.25, -0.2) is 0 Å². The van der Waals surface area contributed by atoms with Crippen LogP contribution in [0.15, 0.2) is 36.5 Å². The van der Waals surface area contributed by atoms with Gasteiger partial charge in [-0.3, -0.25) is 9.78 Å². The summed E-state index contributed by atoms with van der Waals surface area (Å²) in [6.07, 6.45) is 2.34. The largest absolute Gasteiger partial charge is 0.456 e. The van der Waals surface area contributed by atoms with E-state index in [0.717, 1.165) is 5.69 Å². The molecule has 0 aliphatic rings. The van der Waals surface area contributed by atoms with Gasteiger partial charge in [0.2, 0.25) is 0 Å². The van der Waals surface area contributed by atoms with Crippen LogP contribution in [0.3, 0.4) is 0 Å². The number of aldehydes is 1. The van der Waals surface area contributed by atoms with E-state index in [1.165, 1.54) is 0 Å². The summed E-state index contributed by atoms with van der Waals surface area (Å²) in [6.45, 7) is 1.90. The minimum atomic E-state index is 0.373. The van der Waals surface area contributed by atoms with Crippen LogP contribution in [0.4, 0.5) is 0 Å². The van der Waals surface area contributed by atoms with E-state index in [1.54, 1.807) is 24.4 Å². The van der Waals surface area contributed by atoms with Crippen LogP contribution in [0, 0.1) is 6.92 Å². The number of rotatable bonds is 3. The number of benzene rings is 1. The van der Waals surface area contributed by atoms with Gasteiger partial charge in [0, 0.05) is 17.3 Å². The third kappa shape index (κ3) is 2.82. The fourth-order valence-corrected chi connectivity index (χ4v) is 1.53. The Morgan fingerprint density at radius 3 is 2.59 bits per heavy atom. The molecule has 0 spiro atoms. The molecule has 0 radical (unpaired) electrons. The Hall–Kier alpha value is -1.87. The average Bonchev–Trinajstić information content (AvgIpc) is 2.32. The molecule has 4 heteroatoms. The molecule has 0 saturated heterocycles. The van der Waals surface area contributed by atoms with E-state index < -0.39 is 0 Å². The zero-order chi connectivity index (χ0) is 12.3. The molecule has 0 fully saturated rings. The normalized spacial score (nSPS) is 10.0. The van der Waals surface area contributed by atoms with E-state index >= 15 is 0 Å². The zero-order valence-electron chi connectivity index (χ0n) is 9.18. The number of hydrogen-bond acceptors (Lipinski definition) is 3. The van der Waals surface area contributed by atoms with Crippen molar-refractivity contribution in [1.29, 1.82) is 0 Å². The van der Waals surface area contributed by atoms with E-state index in [4.69, 9.17) is 16.3 Å². The van der Waals surface area contributed by atoms with Gasteiger partial charge in [0.05, 0.1) is 11.2 Å². The van der Waals surface area contributed by atoms with Crippen LogP contribution in [0.5, 0.6) is 11.5 Å². The van der Waals surface area contributed by atoms with Crippen molar-refractivity contribution < 1.29 is 9.53 Å². The molecule has 1 heterocycles. The fourth-order valence-electron chi connectivity index (χ4n) is 1.32. The van der Waals surface area contributed by atoms with Crippen molar-refractivity contribution in [2.75, 3.05) is 0 Å². The van der Waals surface area contributed by atoms with Gasteiger partial charge in [-0.1, -0.05) is 11.6 Å². The van der Waals surface area contributed by atoms with Crippen molar-refractivity contribution in [2.45, 2.75) is 6.92 Å². The standard InChI is InChI=1S/C13H10ClNO2/c1-9-2-4-12(7-15-9)17-11-5-3-10(8-16)13(14)6-11/h2-8H,1H3. The molecule has 0 bridgehead atoms. The van der Waals surface area contributed by atoms with E-state index in [1.807, 2.05) is 19.1 Å². The van der Waals surface area contributed by atoms with Crippen LogP contribution in [-0.4, -0.2) is 11.3 Å². The van der Waals surface area contributed by atoms with Gasteiger partial charge in [0.15, 0.2) is 6.29 Å². The molecule has 2 rings (SSSR count). The maximum Gasteiger partial charge on any atom is 0.151 e. The topological polar surface area (TPSA) is 39.2 Å². The zero-order valence-corrected chi connectivity index (χ0v) is 9.94. The highest BCUT2D eigenvalue weighted by Gasteiger charge is 2.03. The SMILES string of the molecule is Cc1ccc(Oc2ccc(C=O)c(Cl)c2)cn1. The number of nitrogens with zero attached hydrogens (tertiary/aromatic N) is 1. The summed E-state index contributed by atoms with van der Waals surface area (Å²) in [5, 5.41) is 0.373. The van der Waals surface area contributed by atoms with Crippen LogP contribution in [0.25, 0.3) is 0 Å². The van der Waals surface area contributed by atoms with Gasteiger partial charge in [-0.15, -0.1) is 0 Å². The smallest absolute Gasteiger partial charge is 0.151 e. The molecule has 0 aliphatic carbocycles. The molecular formula is C13H10ClNO2. The summed E-state index contributed by atoms with van der Waals surface area (Å²) in [7, 11) is 0. The maximum atomic E-state index is 10.6. The van der Waals surface area contributed by atoms with Crippen LogP contribution < -0.4 is 4.74 Å². The number of pyridine rings is 1. The van der Waals surface area contributed by atoms with Crippen molar-refractivity contribution in [3.05, 3.63) is 52.8 Å². The summed E-state index contributed by atoms with van der Waals surface area (Å²) < 4.78 is 5.55. The second-order valence-electron chi connectivity index (χ2n) is 3.54. The molecule has 0 amide bonds. The van der Waals surface area contributed by atoms with Gasteiger partial charge < -0.3 is 4.74 Å². The Morgan fingerprint density at radius 2 is 2.00 bits per heavy atom. The van der Waals surface area contributed by atoms with E-state index in [0.29, 0.717) is 28.4 Å². The van der Waals surface area contributed by atoms with Crippen LogP contribution in [-0.2, 0) is 0 Å². The first kappa shape index (κ1) is 11.6. The maximum absolute atomic E-state index is 10.6. The lowest BCUT2D eigenvalue weighted by atomic mass is 10.2. The number of hydrogen-bond donors (Lipinski definition) is 0. The molecule has 0 aliphatic heterocycles. The molecule has 0 atom stereocenters.